The summed E-state index contributed by atoms with van der Waals surface area (Å²) < 4.78 is 6.65. The van der Waals surface area contributed by atoms with E-state index in [0.29, 0.717) is 34.3 Å². The van der Waals surface area contributed by atoms with Crippen LogP contribution in [0.4, 0.5) is 5.95 Å². The molecule has 3 unspecified atom stereocenters. The van der Waals surface area contributed by atoms with Crippen LogP contribution in [0.2, 0.25) is 0 Å². The number of hydrogen-bond donors (Lipinski definition) is 0. The average molecular weight is 568 g/mol. The average Bonchev–Trinajstić information content (AvgIpc) is 3.08. The smallest absolute Gasteiger partial charge is 0.225 e. The van der Waals surface area contributed by atoms with Crippen molar-refractivity contribution in [2.75, 3.05) is 31.1 Å². The van der Waals surface area contributed by atoms with Gasteiger partial charge in [0.05, 0.1) is 16.3 Å². The van der Waals surface area contributed by atoms with Gasteiger partial charge in [-0.1, -0.05) is 22.6 Å². The van der Waals surface area contributed by atoms with Gasteiger partial charge in [-0.2, -0.15) is 0 Å². The van der Waals surface area contributed by atoms with Crippen LogP contribution in [0.1, 0.15) is 83.6 Å². The summed E-state index contributed by atoms with van der Waals surface area (Å²) in [5.41, 5.74) is 1.35. The van der Waals surface area contributed by atoms with Gasteiger partial charge in [-0.3, -0.25) is 4.90 Å². The molecule has 0 aromatic carbocycles. The van der Waals surface area contributed by atoms with E-state index < -0.39 is 0 Å². The lowest BCUT2D eigenvalue weighted by Crippen LogP contribution is -2.55. The Kier molecular flexibility index (Phi) is 7.79. The monoisotopic (exact) mass is 567 g/mol. The van der Waals surface area contributed by atoms with E-state index in [1.54, 1.807) is 0 Å². The SMILES string of the molecule is CC(C)O[C@H]1CC[C@H](N2CCC(c3cnc(N4C5CCC4CN(C(C)I)C5)nc3)CC2)CC1. The molecule has 4 heterocycles. The van der Waals surface area contributed by atoms with E-state index in [-0.39, 0.29) is 0 Å². The Bertz CT molecular complexity index is 744. The van der Waals surface area contributed by atoms with Crippen molar-refractivity contribution in [3.8, 4) is 0 Å². The maximum atomic E-state index is 6.05. The molecule has 3 aliphatic heterocycles. The van der Waals surface area contributed by atoms with Crippen molar-refractivity contribution in [1.82, 2.24) is 19.8 Å². The van der Waals surface area contributed by atoms with E-state index in [9.17, 15) is 0 Å². The third-order valence-corrected chi connectivity index (χ3v) is 9.32. The van der Waals surface area contributed by atoms with Crippen molar-refractivity contribution in [2.45, 2.75) is 112 Å². The summed E-state index contributed by atoms with van der Waals surface area (Å²) in [6.45, 7) is 11.3. The standard InChI is InChI=1S/C26H42IN5O/c1-18(2)33-25-8-6-22(7-9-25)30-12-10-20(11-13-30)21-14-28-26(29-15-21)32-23-4-5-24(32)17-31(16-23)19(3)27/h14-15,18-20,22-25H,4-13,16-17H2,1-3H3/t19?,22-,23?,24?,25-. The number of aromatic nitrogens is 2. The minimum atomic E-state index is 0.357. The van der Waals surface area contributed by atoms with Crippen LogP contribution in [-0.2, 0) is 4.74 Å². The predicted molar refractivity (Wildman–Crippen MR) is 142 cm³/mol. The number of rotatable bonds is 6. The van der Waals surface area contributed by atoms with Crippen LogP contribution in [0.5, 0.6) is 0 Å². The molecule has 3 saturated heterocycles. The van der Waals surface area contributed by atoms with E-state index >= 15 is 0 Å². The molecule has 4 aliphatic rings. The fourth-order valence-corrected chi connectivity index (χ4v) is 7.21. The zero-order chi connectivity index (χ0) is 22.9. The molecular weight excluding hydrogens is 525 g/mol. The van der Waals surface area contributed by atoms with E-state index in [0.717, 1.165) is 25.1 Å². The second-order valence-electron chi connectivity index (χ2n) is 11.1. The molecule has 33 heavy (non-hydrogen) atoms. The van der Waals surface area contributed by atoms with Crippen LogP contribution >= 0.6 is 22.6 Å². The fourth-order valence-electron chi connectivity index (χ4n) is 6.76. The van der Waals surface area contributed by atoms with Crippen molar-refractivity contribution in [3.05, 3.63) is 18.0 Å². The highest BCUT2D eigenvalue weighted by molar-refractivity contribution is 14.1. The minimum absolute atomic E-state index is 0.357. The lowest BCUT2D eigenvalue weighted by atomic mass is 9.87. The fraction of sp³-hybridized carbons (Fsp3) is 0.846. The van der Waals surface area contributed by atoms with Gasteiger partial charge in [0, 0.05) is 43.6 Å². The van der Waals surface area contributed by atoms with Crippen LogP contribution in [0.25, 0.3) is 0 Å². The van der Waals surface area contributed by atoms with Crippen LogP contribution in [0, 0.1) is 0 Å². The van der Waals surface area contributed by atoms with Crippen LogP contribution in [0.15, 0.2) is 12.4 Å². The Labute approximate surface area is 214 Å². The minimum Gasteiger partial charge on any atom is -0.376 e. The van der Waals surface area contributed by atoms with Crippen LogP contribution in [-0.4, -0.2) is 80.3 Å². The van der Waals surface area contributed by atoms with E-state index in [4.69, 9.17) is 14.7 Å². The number of anilines is 1. The summed E-state index contributed by atoms with van der Waals surface area (Å²) in [5, 5.41) is 0. The molecular formula is C26H42IN5O. The lowest BCUT2D eigenvalue weighted by molar-refractivity contribution is -0.0282. The number of piperazine rings is 1. The number of ether oxygens (including phenoxy) is 1. The zero-order valence-electron chi connectivity index (χ0n) is 20.7. The summed E-state index contributed by atoms with van der Waals surface area (Å²) in [4.78, 5) is 17.7. The molecule has 2 bridgehead atoms. The maximum Gasteiger partial charge on any atom is 0.225 e. The summed E-state index contributed by atoms with van der Waals surface area (Å²) >= 11 is 2.55. The molecule has 1 aromatic rings. The molecule has 1 aliphatic carbocycles. The highest BCUT2D eigenvalue weighted by Crippen LogP contribution is 2.36. The molecule has 0 radical (unpaired) electrons. The summed E-state index contributed by atoms with van der Waals surface area (Å²) in [5.74, 6) is 1.58. The Morgan fingerprint density at radius 1 is 0.848 bits per heavy atom. The second-order valence-corrected chi connectivity index (χ2v) is 12.9. The van der Waals surface area contributed by atoms with Gasteiger partial charge in [0.1, 0.15) is 0 Å². The van der Waals surface area contributed by atoms with Crippen molar-refractivity contribution in [2.24, 2.45) is 0 Å². The maximum absolute atomic E-state index is 6.05. The van der Waals surface area contributed by atoms with Gasteiger partial charge in [-0.15, -0.1) is 0 Å². The first-order valence-electron chi connectivity index (χ1n) is 13.4. The second kappa shape index (κ2) is 10.6. The Morgan fingerprint density at radius 3 is 1.97 bits per heavy atom. The molecule has 0 spiro atoms. The predicted octanol–water partition coefficient (Wildman–Crippen LogP) is 4.83. The number of piperidine rings is 1. The van der Waals surface area contributed by atoms with Gasteiger partial charge < -0.3 is 14.5 Å². The topological polar surface area (TPSA) is 44.7 Å². The third kappa shape index (κ3) is 5.51. The van der Waals surface area contributed by atoms with E-state index in [1.807, 2.05) is 0 Å². The molecule has 3 atom stereocenters. The first kappa shape index (κ1) is 24.2. The first-order valence-corrected chi connectivity index (χ1v) is 14.6. The van der Waals surface area contributed by atoms with Crippen molar-refractivity contribution < 1.29 is 4.74 Å². The van der Waals surface area contributed by atoms with Gasteiger partial charge in [-0.25, -0.2) is 9.97 Å². The van der Waals surface area contributed by atoms with Gasteiger partial charge >= 0.3 is 0 Å². The van der Waals surface area contributed by atoms with Crippen LogP contribution in [0.3, 0.4) is 0 Å². The highest BCUT2D eigenvalue weighted by Gasteiger charge is 2.42. The molecule has 0 amide bonds. The normalized spacial score (nSPS) is 33.1. The van der Waals surface area contributed by atoms with Crippen molar-refractivity contribution in [3.63, 3.8) is 0 Å². The van der Waals surface area contributed by atoms with Gasteiger partial charge in [0.2, 0.25) is 5.95 Å². The molecule has 1 saturated carbocycles. The quantitative estimate of drug-likeness (QED) is 0.279. The Balaban J connectivity index is 1.12. The first-order chi connectivity index (χ1) is 16.0. The largest absolute Gasteiger partial charge is 0.376 e. The number of halogens is 1. The molecule has 7 heteroatoms. The van der Waals surface area contributed by atoms with Crippen molar-refractivity contribution >= 4 is 28.5 Å². The zero-order valence-corrected chi connectivity index (χ0v) is 22.9. The molecule has 1 aromatic heterocycles. The van der Waals surface area contributed by atoms with E-state index in [2.05, 4.69) is 70.5 Å². The number of fused-ring (bicyclic) bond motifs is 2. The number of hydrogen-bond acceptors (Lipinski definition) is 6. The van der Waals surface area contributed by atoms with Gasteiger partial charge in [-0.05, 0) is 96.7 Å². The third-order valence-electron chi connectivity index (χ3n) is 8.53. The van der Waals surface area contributed by atoms with Crippen molar-refractivity contribution in [1.29, 1.82) is 0 Å². The molecule has 184 valence electrons. The summed E-state index contributed by atoms with van der Waals surface area (Å²) in [6.07, 6.45) is 15.2. The van der Waals surface area contributed by atoms with Gasteiger partial charge in [0.15, 0.2) is 0 Å². The van der Waals surface area contributed by atoms with Crippen LogP contribution < -0.4 is 4.90 Å². The summed E-state index contributed by atoms with van der Waals surface area (Å²) in [7, 11) is 0. The van der Waals surface area contributed by atoms with Gasteiger partial charge in [0.25, 0.3) is 0 Å². The summed E-state index contributed by atoms with van der Waals surface area (Å²) in [6, 6.07) is 1.92. The molecule has 4 fully saturated rings. The number of alkyl halides is 1. The molecule has 6 nitrogen and oxygen atoms in total. The molecule has 0 N–H and O–H groups in total. The van der Waals surface area contributed by atoms with E-state index in [1.165, 1.54) is 70.0 Å². The number of nitrogens with zero attached hydrogens (tertiary/aromatic N) is 5. The molecule has 5 rings (SSSR count). The number of likely N-dealkylation sites (tertiary alicyclic amines) is 2. The lowest BCUT2D eigenvalue weighted by Gasteiger charge is -2.42. The Morgan fingerprint density at radius 2 is 1.42 bits per heavy atom. The Hall–Kier alpha value is -0.510. The highest BCUT2D eigenvalue weighted by atomic mass is 127.